The van der Waals surface area contributed by atoms with Crippen LogP contribution in [0, 0.1) is 0 Å². The second kappa shape index (κ2) is 7.83. The molecule has 0 aliphatic carbocycles. The van der Waals surface area contributed by atoms with Crippen LogP contribution in [0.5, 0.6) is 5.75 Å². The molecule has 0 saturated carbocycles. The van der Waals surface area contributed by atoms with E-state index in [4.69, 9.17) is 4.74 Å². The molecule has 0 radical (unpaired) electrons. The first kappa shape index (κ1) is 17.0. The van der Waals surface area contributed by atoms with Crippen LogP contribution in [0.3, 0.4) is 0 Å². The van der Waals surface area contributed by atoms with Gasteiger partial charge in [-0.25, -0.2) is 0 Å². The summed E-state index contributed by atoms with van der Waals surface area (Å²) in [6, 6.07) is 17.2. The molecule has 2 amide bonds. The summed E-state index contributed by atoms with van der Waals surface area (Å²) in [6.07, 6.45) is 1.36. The van der Waals surface area contributed by atoms with Gasteiger partial charge in [0, 0.05) is 13.0 Å². The molecular formula is C20H22N2O3. The Labute approximate surface area is 147 Å². The summed E-state index contributed by atoms with van der Waals surface area (Å²) in [5.74, 6) is 0.667. The molecule has 0 bridgehead atoms. The Balaban J connectivity index is 1.78. The fraction of sp³-hybridized carbons (Fsp3) is 0.300. The van der Waals surface area contributed by atoms with Gasteiger partial charge in [-0.05, 0) is 29.7 Å². The zero-order chi connectivity index (χ0) is 17.6. The van der Waals surface area contributed by atoms with Gasteiger partial charge in [-0.15, -0.1) is 0 Å². The monoisotopic (exact) mass is 338 g/mol. The van der Waals surface area contributed by atoms with E-state index in [1.165, 1.54) is 0 Å². The number of carbonyl (C=O) groups is 2. The number of likely N-dealkylation sites (tertiary alicyclic amines) is 1. The third-order valence-corrected chi connectivity index (χ3v) is 4.39. The Morgan fingerprint density at radius 2 is 1.80 bits per heavy atom. The first-order valence-electron chi connectivity index (χ1n) is 8.43. The lowest BCUT2D eigenvalue weighted by atomic mass is 9.98. The molecular weight excluding hydrogens is 316 g/mol. The molecule has 1 fully saturated rings. The van der Waals surface area contributed by atoms with Crippen molar-refractivity contribution in [3.63, 3.8) is 0 Å². The highest BCUT2D eigenvalue weighted by Gasteiger charge is 2.24. The molecule has 1 aliphatic rings. The van der Waals surface area contributed by atoms with Crippen LogP contribution in [-0.4, -0.2) is 36.9 Å². The predicted octanol–water partition coefficient (Wildman–Crippen LogP) is 2.52. The van der Waals surface area contributed by atoms with Crippen molar-refractivity contribution in [3.05, 3.63) is 65.7 Å². The number of benzene rings is 2. The van der Waals surface area contributed by atoms with Crippen LogP contribution in [0.25, 0.3) is 0 Å². The van der Waals surface area contributed by atoms with Crippen molar-refractivity contribution in [2.24, 2.45) is 0 Å². The summed E-state index contributed by atoms with van der Waals surface area (Å²) in [5.41, 5.74) is 1.96. The summed E-state index contributed by atoms with van der Waals surface area (Å²) in [4.78, 5) is 25.8. The van der Waals surface area contributed by atoms with E-state index in [2.05, 4.69) is 5.32 Å². The zero-order valence-electron chi connectivity index (χ0n) is 14.3. The number of amides is 2. The lowest BCUT2D eigenvalue weighted by Gasteiger charge is -2.22. The molecule has 1 heterocycles. The molecule has 3 rings (SSSR count). The summed E-state index contributed by atoms with van der Waals surface area (Å²) in [7, 11) is 1.62. The van der Waals surface area contributed by atoms with Gasteiger partial charge in [0.15, 0.2) is 0 Å². The number of rotatable bonds is 6. The van der Waals surface area contributed by atoms with E-state index in [0.29, 0.717) is 13.0 Å². The van der Waals surface area contributed by atoms with Crippen LogP contribution in [-0.2, 0) is 9.59 Å². The second-order valence-electron chi connectivity index (χ2n) is 6.10. The summed E-state index contributed by atoms with van der Waals surface area (Å²) in [5, 5.41) is 3.06. The largest absolute Gasteiger partial charge is 0.497 e. The fourth-order valence-electron chi connectivity index (χ4n) is 3.05. The average molecular weight is 338 g/mol. The number of nitrogens with one attached hydrogen (secondary N) is 1. The molecule has 2 aromatic carbocycles. The molecule has 130 valence electrons. The Morgan fingerprint density at radius 3 is 2.40 bits per heavy atom. The third-order valence-electron chi connectivity index (χ3n) is 4.39. The van der Waals surface area contributed by atoms with Crippen LogP contribution >= 0.6 is 0 Å². The Bertz CT molecular complexity index is 728. The van der Waals surface area contributed by atoms with Crippen LogP contribution in [0.4, 0.5) is 0 Å². The van der Waals surface area contributed by atoms with Crippen molar-refractivity contribution in [2.45, 2.75) is 18.9 Å². The van der Waals surface area contributed by atoms with E-state index in [1.807, 2.05) is 54.6 Å². The minimum Gasteiger partial charge on any atom is -0.497 e. The number of carbonyl (C=O) groups excluding carboxylic acids is 2. The van der Waals surface area contributed by atoms with Crippen molar-refractivity contribution >= 4 is 11.8 Å². The van der Waals surface area contributed by atoms with Gasteiger partial charge in [0.25, 0.3) is 0 Å². The van der Waals surface area contributed by atoms with E-state index in [0.717, 1.165) is 23.3 Å². The first-order valence-corrected chi connectivity index (χ1v) is 8.43. The van der Waals surface area contributed by atoms with Crippen LogP contribution in [0.1, 0.15) is 30.0 Å². The van der Waals surface area contributed by atoms with Gasteiger partial charge < -0.3 is 15.0 Å². The van der Waals surface area contributed by atoms with E-state index in [1.54, 1.807) is 12.0 Å². The summed E-state index contributed by atoms with van der Waals surface area (Å²) in [6.45, 7) is 0.767. The Kier molecular flexibility index (Phi) is 5.33. The zero-order valence-corrected chi connectivity index (χ0v) is 14.3. The van der Waals surface area contributed by atoms with Crippen molar-refractivity contribution in [3.8, 4) is 5.75 Å². The predicted molar refractivity (Wildman–Crippen MR) is 95.2 cm³/mol. The maximum Gasteiger partial charge on any atom is 0.240 e. The maximum absolute atomic E-state index is 12.5. The first-order chi connectivity index (χ1) is 12.2. The van der Waals surface area contributed by atoms with Crippen LogP contribution in [0.2, 0.25) is 0 Å². The number of methoxy groups -OCH3 is 1. The average Bonchev–Trinajstić information content (AvgIpc) is 3.05. The lowest BCUT2D eigenvalue weighted by Crippen LogP contribution is -2.39. The van der Waals surface area contributed by atoms with Crippen molar-refractivity contribution in [2.75, 3.05) is 20.2 Å². The lowest BCUT2D eigenvalue weighted by molar-refractivity contribution is -0.133. The summed E-state index contributed by atoms with van der Waals surface area (Å²) >= 11 is 0. The fourth-order valence-corrected chi connectivity index (χ4v) is 3.05. The van der Waals surface area contributed by atoms with E-state index < -0.39 is 0 Å². The van der Waals surface area contributed by atoms with E-state index in [-0.39, 0.29) is 24.4 Å². The molecule has 0 spiro atoms. The second-order valence-corrected chi connectivity index (χ2v) is 6.10. The van der Waals surface area contributed by atoms with Crippen LogP contribution < -0.4 is 10.1 Å². The van der Waals surface area contributed by atoms with Gasteiger partial charge in [-0.3, -0.25) is 9.59 Å². The number of ether oxygens (including phenoxy) is 1. The molecule has 5 heteroatoms. The number of hydrogen-bond acceptors (Lipinski definition) is 3. The van der Waals surface area contributed by atoms with Gasteiger partial charge in [0.05, 0.1) is 19.7 Å². The minimum absolute atomic E-state index is 0.0517. The van der Waals surface area contributed by atoms with Gasteiger partial charge in [-0.1, -0.05) is 42.5 Å². The normalized spacial score (nSPS) is 15.1. The smallest absolute Gasteiger partial charge is 0.240 e. The number of hydrogen-bond donors (Lipinski definition) is 1. The highest BCUT2D eigenvalue weighted by Crippen LogP contribution is 2.24. The van der Waals surface area contributed by atoms with Crippen molar-refractivity contribution in [1.29, 1.82) is 0 Å². The van der Waals surface area contributed by atoms with Crippen molar-refractivity contribution in [1.82, 2.24) is 10.2 Å². The van der Waals surface area contributed by atoms with Gasteiger partial charge in [-0.2, -0.15) is 0 Å². The Morgan fingerprint density at radius 1 is 1.12 bits per heavy atom. The van der Waals surface area contributed by atoms with Gasteiger partial charge >= 0.3 is 0 Å². The topological polar surface area (TPSA) is 58.6 Å². The molecule has 1 saturated heterocycles. The SMILES string of the molecule is COc1ccc([C@@H](NC(=O)CN2CCCC2=O)c2ccccc2)cc1. The Hall–Kier alpha value is -2.82. The maximum atomic E-state index is 12.5. The van der Waals surface area contributed by atoms with Crippen LogP contribution in [0.15, 0.2) is 54.6 Å². The third kappa shape index (κ3) is 4.18. The molecule has 25 heavy (non-hydrogen) atoms. The highest BCUT2D eigenvalue weighted by molar-refractivity contribution is 5.86. The van der Waals surface area contributed by atoms with Gasteiger partial charge in [0.1, 0.15) is 5.75 Å². The number of nitrogens with zero attached hydrogens (tertiary/aromatic N) is 1. The molecule has 1 N–H and O–H groups in total. The molecule has 0 unspecified atom stereocenters. The summed E-state index contributed by atoms with van der Waals surface area (Å²) < 4.78 is 5.20. The quantitative estimate of drug-likeness (QED) is 0.880. The minimum atomic E-state index is -0.266. The molecule has 2 aromatic rings. The van der Waals surface area contributed by atoms with E-state index in [9.17, 15) is 9.59 Å². The standard InChI is InChI=1S/C20H22N2O3/c1-25-17-11-9-16(10-12-17)20(15-6-3-2-4-7-15)21-18(23)14-22-13-5-8-19(22)24/h2-4,6-7,9-12,20H,5,8,13-14H2,1H3,(H,21,23)/t20-/m0/s1. The molecule has 5 nitrogen and oxygen atoms in total. The molecule has 1 aliphatic heterocycles. The molecule has 0 aromatic heterocycles. The molecule has 1 atom stereocenters. The van der Waals surface area contributed by atoms with E-state index >= 15 is 0 Å². The highest BCUT2D eigenvalue weighted by atomic mass is 16.5. The van der Waals surface area contributed by atoms with Gasteiger partial charge in [0.2, 0.25) is 11.8 Å². The van der Waals surface area contributed by atoms with Crippen molar-refractivity contribution < 1.29 is 14.3 Å².